The summed E-state index contributed by atoms with van der Waals surface area (Å²) in [6, 6.07) is 14.0. The molecule has 3 aromatic rings. The van der Waals surface area contributed by atoms with E-state index < -0.39 is 0 Å². The lowest BCUT2D eigenvalue weighted by molar-refractivity contribution is 0.262. The second kappa shape index (κ2) is 5.16. The molecule has 3 N–H and O–H groups in total. The molecule has 2 amide bonds. The molecular weight excluding hydrogens is 268 g/mol. The molecule has 2 aromatic carbocycles. The molecule has 0 bridgehead atoms. The summed E-state index contributed by atoms with van der Waals surface area (Å²) in [5.41, 5.74) is 1.87. The average molecular weight is 282 g/mol. The third-order valence-electron chi connectivity index (χ3n) is 3.16. The number of nitrogens with one attached hydrogen (secondary N) is 3. The fourth-order valence-electron chi connectivity index (χ4n) is 2.18. The van der Waals surface area contributed by atoms with Crippen LogP contribution in [0, 0.1) is 0 Å². The molecule has 21 heavy (non-hydrogen) atoms. The molecule has 3 rings (SSSR count). The monoisotopic (exact) mass is 282 g/mol. The zero-order valence-corrected chi connectivity index (χ0v) is 11.4. The van der Waals surface area contributed by atoms with Crippen LogP contribution < -0.4 is 16.2 Å². The van der Waals surface area contributed by atoms with Gasteiger partial charge in [-0.05, 0) is 30.3 Å². The molecule has 6 heteroatoms. The third kappa shape index (κ3) is 2.64. The minimum atomic E-state index is -0.354. The fourth-order valence-corrected chi connectivity index (χ4v) is 2.18. The van der Waals surface area contributed by atoms with E-state index in [1.807, 2.05) is 18.2 Å². The molecule has 0 aliphatic rings. The summed E-state index contributed by atoms with van der Waals surface area (Å²) in [5.74, 6) is 0. The first kappa shape index (κ1) is 13.0. The Morgan fingerprint density at radius 3 is 2.52 bits per heavy atom. The van der Waals surface area contributed by atoms with Crippen molar-refractivity contribution in [3.63, 3.8) is 0 Å². The number of aromatic amines is 1. The standard InChI is InChI=1S/C15H14N4O2/c1-19-13-8-7-11(9-12(13)14(20)18-19)17-15(21)16-10-5-3-2-4-6-10/h2-9H,1H3,(H,18,20)(H2,16,17,21). The first-order valence-corrected chi connectivity index (χ1v) is 6.45. The molecule has 106 valence electrons. The Kier molecular flexibility index (Phi) is 3.19. The van der Waals surface area contributed by atoms with Crippen molar-refractivity contribution in [3.05, 3.63) is 58.9 Å². The molecule has 0 atom stereocenters. The Morgan fingerprint density at radius 1 is 1.05 bits per heavy atom. The van der Waals surface area contributed by atoms with Crippen molar-refractivity contribution in [2.45, 2.75) is 0 Å². The van der Waals surface area contributed by atoms with Gasteiger partial charge in [-0.15, -0.1) is 0 Å². The molecule has 0 spiro atoms. The number of urea groups is 1. The molecule has 1 heterocycles. The van der Waals surface area contributed by atoms with E-state index >= 15 is 0 Å². The number of H-pyrrole nitrogens is 1. The van der Waals surface area contributed by atoms with Gasteiger partial charge in [0.25, 0.3) is 5.56 Å². The van der Waals surface area contributed by atoms with Crippen molar-refractivity contribution >= 4 is 28.3 Å². The van der Waals surface area contributed by atoms with Gasteiger partial charge in [-0.3, -0.25) is 14.6 Å². The Bertz CT molecular complexity index is 849. The van der Waals surface area contributed by atoms with Crippen molar-refractivity contribution < 1.29 is 4.79 Å². The van der Waals surface area contributed by atoms with E-state index in [4.69, 9.17) is 0 Å². The van der Waals surface area contributed by atoms with Crippen molar-refractivity contribution in [2.24, 2.45) is 7.05 Å². The van der Waals surface area contributed by atoms with Crippen LogP contribution in [-0.4, -0.2) is 15.8 Å². The zero-order chi connectivity index (χ0) is 14.8. The lowest BCUT2D eigenvalue weighted by atomic mass is 10.2. The number of anilines is 2. The molecule has 1 aromatic heterocycles. The molecule has 0 saturated carbocycles. The number of rotatable bonds is 2. The number of carbonyl (C=O) groups excluding carboxylic acids is 1. The van der Waals surface area contributed by atoms with Crippen LogP contribution in [0.15, 0.2) is 53.3 Å². The summed E-state index contributed by atoms with van der Waals surface area (Å²) >= 11 is 0. The predicted octanol–water partition coefficient (Wildman–Crippen LogP) is 2.51. The SMILES string of the molecule is Cn1[nH]c(=O)c2cc(NC(=O)Nc3ccccc3)ccc21. The van der Waals surface area contributed by atoms with E-state index in [1.165, 1.54) is 0 Å². The van der Waals surface area contributed by atoms with Gasteiger partial charge in [-0.2, -0.15) is 0 Å². The van der Waals surface area contributed by atoms with Crippen molar-refractivity contribution in [1.82, 2.24) is 9.78 Å². The maximum absolute atomic E-state index is 11.9. The number of benzene rings is 2. The van der Waals surface area contributed by atoms with Crippen LogP contribution in [0.5, 0.6) is 0 Å². The number of para-hydroxylation sites is 1. The summed E-state index contributed by atoms with van der Waals surface area (Å²) in [4.78, 5) is 23.6. The Balaban J connectivity index is 1.80. The second-order valence-electron chi connectivity index (χ2n) is 4.68. The normalized spacial score (nSPS) is 10.5. The number of carbonyl (C=O) groups is 1. The summed E-state index contributed by atoms with van der Waals surface area (Å²) in [5, 5.41) is 8.63. The maximum atomic E-state index is 11.9. The number of fused-ring (bicyclic) bond motifs is 1. The van der Waals surface area contributed by atoms with Crippen LogP contribution in [0.2, 0.25) is 0 Å². The minimum absolute atomic E-state index is 0.181. The molecular formula is C15H14N4O2. The highest BCUT2D eigenvalue weighted by Gasteiger charge is 2.07. The number of nitrogens with zero attached hydrogens (tertiary/aromatic N) is 1. The smallest absolute Gasteiger partial charge is 0.308 e. The fraction of sp³-hybridized carbons (Fsp3) is 0.0667. The quantitative estimate of drug-likeness (QED) is 0.675. The average Bonchev–Trinajstić information content (AvgIpc) is 2.74. The maximum Gasteiger partial charge on any atom is 0.323 e. The van der Waals surface area contributed by atoms with Crippen LogP contribution in [0.25, 0.3) is 10.9 Å². The first-order valence-electron chi connectivity index (χ1n) is 6.45. The molecule has 0 aliphatic carbocycles. The Hall–Kier alpha value is -3.02. The van der Waals surface area contributed by atoms with Gasteiger partial charge in [0.2, 0.25) is 0 Å². The van der Waals surface area contributed by atoms with E-state index in [2.05, 4.69) is 15.7 Å². The van der Waals surface area contributed by atoms with Crippen molar-refractivity contribution in [1.29, 1.82) is 0 Å². The van der Waals surface area contributed by atoms with Crippen LogP contribution in [0.1, 0.15) is 0 Å². The van der Waals surface area contributed by atoms with E-state index in [1.54, 1.807) is 42.1 Å². The number of hydrogen-bond acceptors (Lipinski definition) is 2. The lowest BCUT2D eigenvalue weighted by Crippen LogP contribution is -2.19. The number of aromatic nitrogens is 2. The van der Waals surface area contributed by atoms with E-state index in [-0.39, 0.29) is 11.6 Å². The van der Waals surface area contributed by atoms with Crippen LogP contribution >= 0.6 is 0 Å². The van der Waals surface area contributed by atoms with Crippen LogP contribution in [0.4, 0.5) is 16.2 Å². The number of aryl methyl sites for hydroxylation is 1. The van der Waals surface area contributed by atoms with Gasteiger partial charge >= 0.3 is 6.03 Å². The van der Waals surface area contributed by atoms with Crippen LogP contribution in [-0.2, 0) is 7.05 Å². The van der Waals surface area contributed by atoms with E-state index in [0.29, 0.717) is 16.8 Å². The Morgan fingerprint density at radius 2 is 1.76 bits per heavy atom. The molecule has 6 nitrogen and oxygen atoms in total. The molecule has 0 aliphatic heterocycles. The van der Waals surface area contributed by atoms with Gasteiger partial charge in [0.15, 0.2) is 0 Å². The number of amides is 2. The highest BCUT2D eigenvalue weighted by atomic mass is 16.2. The van der Waals surface area contributed by atoms with Crippen molar-refractivity contribution in [2.75, 3.05) is 10.6 Å². The predicted molar refractivity (Wildman–Crippen MR) is 82.6 cm³/mol. The molecule has 0 fully saturated rings. The number of hydrogen-bond donors (Lipinski definition) is 3. The highest BCUT2D eigenvalue weighted by molar-refractivity contribution is 6.00. The topological polar surface area (TPSA) is 78.9 Å². The first-order chi connectivity index (χ1) is 10.1. The minimum Gasteiger partial charge on any atom is -0.308 e. The Labute approximate surface area is 120 Å². The van der Waals surface area contributed by atoms with Gasteiger partial charge in [0, 0.05) is 18.4 Å². The lowest BCUT2D eigenvalue weighted by Gasteiger charge is -2.07. The summed E-state index contributed by atoms with van der Waals surface area (Å²) < 4.78 is 1.64. The molecule has 0 unspecified atom stereocenters. The summed E-state index contributed by atoms with van der Waals surface area (Å²) in [7, 11) is 1.76. The molecule has 0 radical (unpaired) electrons. The van der Waals surface area contributed by atoms with Gasteiger partial charge in [0.05, 0.1) is 10.9 Å². The molecule has 0 saturated heterocycles. The van der Waals surface area contributed by atoms with Gasteiger partial charge < -0.3 is 10.6 Å². The van der Waals surface area contributed by atoms with E-state index in [9.17, 15) is 9.59 Å². The highest BCUT2D eigenvalue weighted by Crippen LogP contribution is 2.16. The van der Waals surface area contributed by atoms with Gasteiger partial charge in [-0.25, -0.2) is 4.79 Å². The third-order valence-corrected chi connectivity index (χ3v) is 3.16. The summed E-state index contributed by atoms with van der Waals surface area (Å²) in [6.45, 7) is 0. The second-order valence-corrected chi connectivity index (χ2v) is 4.68. The summed E-state index contributed by atoms with van der Waals surface area (Å²) in [6.07, 6.45) is 0. The zero-order valence-electron chi connectivity index (χ0n) is 11.4. The van der Waals surface area contributed by atoms with Crippen LogP contribution in [0.3, 0.4) is 0 Å². The van der Waals surface area contributed by atoms with E-state index in [0.717, 1.165) is 5.52 Å². The van der Waals surface area contributed by atoms with Gasteiger partial charge in [0.1, 0.15) is 0 Å². The largest absolute Gasteiger partial charge is 0.323 e. The van der Waals surface area contributed by atoms with Crippen molar-refractivity contribution in [3.8, 4) is 0 Å². The van der Waals surface area contributed by atoms with Gasteiger partial charge in [-0.1, -0.05) is 18.2 Å².